The molecule has 0 saturated carbocycles. The van der Waals surface area contributed by atoms with Crippen molar-refractivity contribution in [2.45, 2.75) is 29.4 Å². The van der Waals surface area contributed by atoms with E-state index in [4.69, 9.17) is 0 Å². The van der Waals surface area contributed by atoms with Gasteiger partial charge in [-0.05, 0) is 48.0 Å². The smallest absolute Gasteiger partial charge is 0.305 e. The van der Waals surface area contributed by atoms with E-state index in [-0.39, 0.29) is 12.1 Å². The minimum absolute atomic E-state index is 0.199. The minimum atomic E-state index is -0.993. The van der Waals surface area contributed by atoms with Gasteiger partial charge in [-0.3, -0.25) is 14.6 Å². The number of carboxylic acids is 1. The molecule has 2 N–H and O–H groups in total. The molecule has 0 spiro atoms. The molecule has 1 unspecified atom stereocenters. The van der Waals surface area contributed by atoms with Crippen LogP contribution in [0.3, 0.4) is 0 Å². The lowest BCUT2D eigenvalue weighted by Crippen LogP contribution is -2.31. The number of hydrogen-bond donors (Lipinski definition) is 2. The molecule has 3 rings (SSSR count). The number of carbonyl (C=O) groups excluding carboxylic acids is 1. The lowest BCUT2D eigenvalue weighted by molar-refractivity contribution is -0.137. The number of rotatable bonds is 7. The number of carbonyl (C=O) groups is 2. The predicted molar refractivity (Wildman–Crippen MR) is 104 cm³/mol. The van der Waals surface area contributed by atoms with Gasteiger partial charge in [0.2, 0.25) is 0 Å². The molecule has 0 aliphatic rings. The largest absolute Gasteiger partial charge is 0.481 e. The van der Waals surface area contributed by atoms with Crippen LogP contribution < -0.4 is 5.32 Å². The molecule has 142 valence electrons. The molecule has 3 aromatic rings. The second-order valence-corrected chi connectivity index (χ2v) is 7.03. The number of benzene rings is 1. The second-order valence-electron chi connectivity index (χ2n) is 5.99. The molecule has 1 atom stereocenters. The first-order chi connectivity index (χ1) is 13.5. The summed E-state index contributed by atoms with van der Waals surface area (Å²) in [7, 11) is 0. The van der Waals surface area contributed by atoms with Crippen molar-refractivity contribution in [2.24, 2.45) is 0 Å². The normalized spacial score (nSPS) is 11.6. The Balaban J connectivity index is 1.79. The summed E-state index contributed by atoms with van der Waals surface area (Å²) in [4.78, 5) is 37.2. The van der Waals surface area contributed by atoms with Gasteiger partial charge in [0.15, 0.2) is 5.16 Å². The molecule has 0 aliphatic carbocycles. The third kappa shape index (κ3) is 5.14. The SMILES string of the molecule is Cc1ccccc1C(CC(=O)O)NC(=O)c1cc(Sc2ncccn2)ccn1. The van der Waals surface area contributed by atoms with E-state index in [0.29, 0.717) is 5.16 Å². The Kier molecular flexibility index (Phi) is 6.33. The van der Waals surface area contributed by atoms with E-state index in [0.717, 1.165) is 16.0 Å². The number of aromatic nitrogens is 3. The number of nitrogens with zero attached hydrogens (tertiary/aromatic N) is 3. The number of nitrogens with one attached hydrogen (secondary N) is 1. The number of amides is 1. The van der Waals surface area contributed by atoms with Crippen LogP contribution in [0.1, 0.15) is 34.1 Å². The maximum absolute atomic E-state index is 12.7. The third-order valence-electron chi connectivity index (χ3n) is 3.96. The molecule has 0 saturated heterocycles. The number of carboxylic acid groups (broad SMARTS) is 1. The molecule has 0 bridgehead atoms. The van der Waals surface area contributed by atoms with E-state index >= 15 is 0 Å². The van der Waals surface area contributed by atoms with Gasteiger partial charge in [-0.1, -0.05) is 24.3 Å². The molecule has 1 aromatic carbocycles. The number of hydrogen-bond acceptors (Lipinski definition) is 6. The van der Waals surface area contributed by atoms with E-state index in [9.17, 15) is 14.7 Å². The quantitative estimate of drug-likeness (QED) is 0.593. The first-order valence-corrected chi connectivity index (χ1v) is 9.33. The maximum Gasteiger partial charge on any atom is 0.305 e. The zero-order valence-electron chi connectivity index (χ0n) is 15.1. The van der Waals surface area contributed by atoms with Crippen molar-refractivity contribution in [3.8, 4) is 0 Å². The first-order valence-electron chi connectivity index (χ1n) is 8.52. The van der Waals surface area contributed by atoms with Gasteiger partial charge in [0.1, 0.15) is 5.69 Å². The molecule has 0 fully saturated rings. The van der Waals surface area contributed by atoms with Gasteiger partial charge in [-0.25, -0.2) is 9.97 Å². The highest BCUT2D eigenvalue weighted by Crippen LogP contribution is 2.25. The van der Waals surface area contributed by atoms with Crippen LogP contribution >= 0.6 is 11.8 Å². The van der Waals surface area contributed by atoms with E-state index in [1.165, 1.54) is 18.0 Å². The molecular formula is C20H18N4O3S. The van der Waals surface area contributed by atoms with Crippen LogP contribution in [-0.4, -0.2) is 31.9 Å². The Hall–Kier alpha value is -3.26. The predicted octanol–water partition coefficient (Wildman–Crippen LogP) is 3.28. The summed E-state index contributed by atoms with van der Waals surface area (Å²) in [5, 5.41) is 12.6. The van der Waals surface area contributed by atoms with Crippen molar-refractivity contribution in [3.63, 3.8) is 0 Å². The van der Waals surface area contributed by atoms with Gasteiger partial charge in [0.25, 0.3) is 5.91 Å². The van der Waals surface area contributed by atoms with E-state index in [1.807, 2.05) is 31.2 Å². The summed E-state index contributed by atoms with van der Waals surface area (Å²) in [5.41, 5.74) is 1.87. The minimum Gasteiger partial charge on any atom is -0.481 e. The van der Waals surface area contributed by atoms with E-state index in [1.54, 1.807) is 30.6 Å². The zero-order chi connectivity index (χ0) is 19.9. The van der Waals surface area contributed by atoms with Crippen LogP contribution in [0, 0.1) is 6.92 Å². The van der Waals surface area contributed by atoms with Gasteiger partial charge in [0, 0.05) is 23.5 Å². The number of aliphatic carboxylic acids is 1. The fourth-order valence-corrected chi connectivity index (χ4v) is 3.40. The monoisotopic (exact) mass is 394 g/mol. The summed E-state index contributed by atoms with van der Waals surface area (Å²) in [5.74, 6) is -1.43. The van der Waals surface area contributed by atoms with Crippen molar-refractivity contribution in [3.05, 3.63) is 77.9 Å². The molecule has 7 nitrogen and oxygen atoms in total. The van der Waals surface area contributed by atoms with Crippen molar-refractivity contribution in [1.82, 2.24) is 20.3 Å². The lowest BCUT2D eigenvalue weighted by atomic mass is 9.98. The maximum atomic E-state index is 12.7. The van der Waals surface area contributed by atoms with Crippen LogP contribution in [0.25, 0.3) is 0 Å². The highest BCUT2D eigenvalue weighted by molar-refractivity contribution is 7.99. The van der Waals surface area contributed by atoms with Crippen LogP contribution in [-0.2, 0) is 4.79 Å². The highest BCUT2D eigenvalue weighted by Gasteiger charge is 2.21. The van der Waals surface area contributed by atoms with Crippen LogP contribution in [0.5, 0.6) is 0 Å². The Morgan fingerprint density at radius 3 is 2.54 bits per heavy atom. The Labute approximate surface area is 166 Å². The summed E-state index contributed by atoms with van der Waals surface area (Å²) in [6, 6.07) is 11.8. The summed E-state index contributed by atoms with van der Waals surface area (Å²) >= 11 is 1.31. The molecule has 2 aromatic heterocycles. The van der Waals surface area contributed by atoms with Gasteiger partial charge in [-0.2, -0.15) is 0 Å². The van der Waals surface area contributed by atoms with Crippen LogP contribution in [0.15, 0.2) is 71.1 Å². The molecule has 28 heavy (non-hydrogen) atoms. The Morgan fingerprint density at radius 2 is 1.82 bits per heavy atom. The topological polar surface area (TPSA) is 105 Å². The van der Waals surface area contributed by atoms with Gasteiger partial charge >= 0.3 is 5.97 Å². The average Bonchev–Trinajstić information content (AvgIpc) is 2.68. The second kappa shape index (κ2) is 9.09. The van der Waals surface area contributed by atoms with Crippen LogP contribution in [0.4, 0.5) is 0 Å². The fourth-order valence-electron chi connectivity index (χ4n) is 2.67. The third-order valence-corrected chi connectivity index (χ3v) is 4.85. The fraction of sp³-hybridized carbons (Fsp3) is 0.150. The highest BCUT2D eigenvalue weighted by atomic mass is 32.2. The summed E-state index contributed by atoms with van der Waals surface area (Å²) in [6.07, 6.45) is 4.59. The summed E-state index contributed by atoms with van der Waals surface area (Å²) in [6.45, 7) is 1.88. The van der Waals surface area contributed by atoms with Gasteiger partial charge in [0.05, 0.1) is 12.5 Å². The molecule has 0 radical (unpaired) electrons. The molecule has 2 heterocycles. The molecule has 1 amide bonds. The van der Waals surface area contributed by atoms with E-state index in [2.05, 4.69) is 20.3 Å². The van der Waals surface area contributed by atoms with Crippen LogP contribution in [0.2, 0.25) is 0 Å². The van der Waals surface area contributed by atoms with E-state index < -0.39 is 17.9 Å². The zero-order valence-corrected chi connectivity index (χ0v) is 15.9. The summed E-state index contributed by atoms with van der Waals surface area (Å²) < 4.78 is 0. The molecule has 0 aliphatic heterocycles. The first kappa shape index (κ1) is 19.5. The van der Waals surface area contributed by atoms with Gasteiger partial charge < -0.3 is 10.4 Å². The Bertz CT molecular complexity index is 982. The van der Waals surface area contributed by atoms with Crippen molar-refractivity contribution in [1.29, 1.82) is 0 Å². The molecular weight excluding hydrogens is 376 g/mol. The number of pyridine rings is 1. The van der Waals surface area contributed by atoms with Gasteiger partial charge in [-0.15, -0.1) is 0 Å². The van der Waals surface area contributed by atoms with Crippen molar-refractivity contribution in [2.75, 3.05) is 0 Å². The average molecular weight is 394 g/mol. The molecule has 8 heteroatoms. The number of aryl methyl sites for hydroxylation is 1. The Morgan fingerprint density at radius 1 is 1.07 bits per heavy atom. The van der Waals surface area contributed by atoms with Crippen molar-refractivity contribution < 1.29 is 14.7 Å². The standard InChI is InChI=1S/C20H18N4O3S/c1-13-5-2-3-6-15(13)16(12-18(25)26)24-19(27)17-11-14(7-10-21-17)28-20-22-8-4-9-23-20/h2-11,16H,12H2,1H3,(H,24,27)(H,25,26). The van der Waals surface area contributed by atoms with Crippen molar-refractivity contribution >= 4 is 23.6 Å². The lowest BCUT2D eigenvalue weighted by Gasteiger charge is -2.19.